The molecule has 18 N–H and O–H groups in total. The van der Waals surface area contributed by atoms with E-state index in [4.69, 9.17) is 52.1 Å². The molecule has 0 saturated carbocycles. The van der Waals surface area contributed by atoms with E-state index in [2.05, 4.69) is 10.6 Å². The predicted molar refractivity (Wildman–Crippen MR) is 220 cm³/mol. The van der Waals surface area contributed by atoms with Crippen molar-refractivity contribution in [3.63, 3.8) is 0 Å². The maximum absolute atomic E-state index is 12.6. The van der Waals surface area contributed by atoms with Crippen LogP contribution in [0.25, 0.3) is 0 Å². The van der Waals surface area contributed by atoms with E-state index >= 15 is 0 Å². The molecule has 31 heteroatoms. The summed E-state index contributed by atoms with van der Waals surface area (Å²) in [6.45, 7) is 1.11. The van der Waals surface area contributed by atoms with Crippen molar-refractivity contribution in [1.29, 1.82) is 0 Å². The van der Waals surface area contributed by atoms with Crippen LogP contribution in [-0.2, 0) is 61.7 Å². The molecule has 0 aromatic carbocycles. The van der Waals surface area contributed by atoms with Crippen LogP contribution in [-0.4, -0.2) is 304 Å². The van der Waals surface area contributed by atoms with Gasteiger partial charge in [0.1, 0.15) is 134 Å². The standard InChI is InChI=1S/C40H68N2O29/c1-9-19(48)25(54)29(58)37(62-9)70-33-27(56)21(50)13(5-43)65-39(33)68-31-15(7-45)67-36(17(24(31)53)41-11(3)46)61-8-16-23(52)32(18(35(60)64-16)42-12(4)47)69-40-34(28(57)22(51)14(6-44)66-40)71-38-30(59)26(55)20(49)10(2)63-38/h9-10,13-40,43-45,48-60H,5-8H2,1-4H3,(H,41,46)(H,42,47)/t9-,10-,13+,14+,15+,16+,17+,18+,19+,20+,21-,22-,23-,24+,25+,26+,27-,28-,29-,30-,31+,32+,33+,34+,35?,36?,37?,38?,39?,40?/m0/s1. The highest BCUT2D eigenvalue weighted by atomic mass is 16.8. The predicted octanol–water partition coefficient (Wildman–Crippen LogP) is -11.8. The molecule has 6 heterocycles. The summed E-state index contributed by atoms with van der Waals surface area (Å²) < 4.78 is 63.3. The summed E-state index contributed by atoms with van der Waals surface area (Å²) in [7, 11) is 0. The number of ether oxygens (including phenoxy) is 11. The molecule has 2 amide bonds. The van der Waals surface area contributed by atoms with E-state index in [1.165, 1.54) is 13.8 Å². The van der Waals surface area contributed by atoms with Crippen molar-refractivity contribution in [2.45, 2.75) is 212 Å². The van der Waals surface area contributed by atoms with Gasteiger partial charge in [0, 0.05) is 13.8 Å². The van der Waals surface area contributed by atoms with Gasteiger partial charge in [0.2, 0.25) is 11.8 Å². The van der Waals surface area contributed by atoms with Crippen LogP contribution in [0.2, 0.25) is 0 Å². The minimum atomic E-state index is -2.06. The third-order valence-corrected chi connectivity index (χ3v) is 13.1. The largest absolute Gasteiger partial charge is 0.394 e. The van der Waals surface area contributed by atoms with E-state index < -0.39 is 222 Å². The van der Waals surface area contributed by atoms with E-state index in [1.807, 2.05) is 0 Å². The number of hydrogen-bond donors (Lipinski definition) is 18. The molecular weight excluding hydrogens is 972 g/mol. The second-order valence-electron chi connectivity index (χ2n) is 18.2. The first-order valence-corrected chi connectivity index (χ1v) is 22.8. The molecule has 0 spiro atoms. The smallest absolute Gasteiger partial charge is 0.217 e. The van der Waals surface area contributed by atoms with Gasteiger partial charge in [-0.2, -0.15) is 0 Å². The molecule has 6 saturated heterocycles. The molecular formula is C40H68N2O29. The summed E-state index contributed by atoms with van der Waals surface area (Å²) >= 11 is 0. The first-order valence-electron chi connectivity index (χ1n) is 22.8. The Balaban J connectivity index is 1.21. The molecule has 6 fully saturated rings. The van der Waals surface area contributed by atoms with Crippen molar-refractivity contribution in [3.8, 4) is 0 Å². The lowest BCUT2D eigenvalue weighted by atomic mass is 9.94. The zero-order valence-corrected chi connectivity index (χ0v) is 38.6. The molecule has 6 unspecified atom stereocenters. The van der Waals surface area contributed by atoms with Gasteiger partial charge in [-0.1, -0.05) is 0 Å². The summed E-state index contributed by atoms with van der Waals surface area (Å²) in [5.74, 6) is -1.58. The zero-order valence-electron chi connectivity index (χ0n) is 38.6. The third-order valence-electron chi connectivity index (χ3n) is 13.1. The summed E-state index contributed by atoms with van der Waals surface area (Å²) in [5, 5.41) is 176. The molecule has 6 aliphatic heterocycles. The average molecular weight is 1040 g/mol. The third kappa shape index (κ3) is 12.6. The van der Waals surface area contributed by atoms with Crippen LogP contribution in [0.3, 0.4) is 0 Å². The van der Waals surface area contributed by atoms with Crippen molar-refractivity contribution < 1.29 is 143 Å². The fraction of sp³-hybridized carbons (Fsp3) is 0.950. The number of hydrogen-bond acceptors (Lipinski definition) is 29. The highest BCUT2D eigenvalue weighted by molar-refractivity contribution is 5.73. The van der Waals surface area contributed by atoms with Crippen LogP contribution in [0.4, 0.5) is 0 Å². The minimum absolute atomic E-state index is 0.786. The summed E-state index contributed by atoms with van der Waals surface area (Å²) in [5.41, 5.74) is 0. The molecule has 30 atom stereocenters. The van der Waals surface area contributed by atoms with E-state index in [0.29, 0.717) is 0 Å². The molecule has 71 heavy (non-hydrogen) atoms. The average Bonchev–Trinajstić information content (AvgIpc) is 3.32. The zero-order chi connectivity index (χ0) is 52.5. The van der Waals surface area contributed by atoms with Crippen LogP contribution >= 0.6 is 0 Å². The first kappa shape index (κ1) is 58.1. The van der Waals surface area contributed by atoms with Crippen LogP contribution in [0.1, 0.15) is 27.7 Å². The van der Waals surface area contributed by atoms with E-state index in [9.17, 15) is 91.3 Å². The second kappa shape index (κ2) is 24.7. The Morgan fingerprint density at radius 1 is 0.394 bits per heavy atom. The molecule has 0 radical (unpaired) electrons. The Morgan fingerprint density at radius 3 is 1.24 bits per heavy atom. The lowest BCUT2D eigenvalue weighted by Crippen LogP contribution is -2.69. The number of nitrogens with one attached hydrogen (secondary N) is 2. The topological polar surface area (TPSA) is 483 Å². The Kier molecular flexibility index (Phi) is 20.2. The quantitative estimate of drug-likeness (QED) is 0.0682. The van der Waals surface area contributed by atoms with Gasteiger partial charge < -0.3 is 144 Å². The number of rotatable bonds is 16. The van der Waals surface area contributed by atoms with Crippen molar-refractivity contribution in [1.82, 2.24) is 10.6 Å². The maximum Gasteiger partial charge on any atom is 0.217 e. The first-order chi connectivity index (χ1) is 33.4. The van der Waals surface area contributed by atoms with E-state index in [0.717, 1.165) is 13.8 Å². The fourth-order valence-electron chi connectivity index (χ4n) is 9.07. The van der Waals surface area contributed by atoms with Gasteiger partial charge in [0.15, 0.2) is 37.7 Å². The Bertz CT molecular complexity index is 1710. The number of amides is 2. The Hall–Kier alpha value is -2.14. The SMILES string of the molecule is CC(=O)N[C@H]1C(OC[C@H]2OC(O)[C@H](NC(C)=O)[C@@H](OC3O[C@H](CO)[C@H](O)[C@H](O)[C@H]3OC3O[C@@H](C)[C@@H](O)[C@@H](O)[C@@H]3O)[C@H]2O)O[C@H](CO)[C@@H](OC2O[C@H](CO)[C@H](O)[C@H](O)[C@H]2OC2O[C@@H](C)[C@@H](O)[C@@H](O)[C@@H]2O)[C@@H]1O. The normalized spacial score (nSPS) is 50.8. The second-order valence-corrected chi connectivity index (χ2v) is 18.2. The van der Waals surface area contributed by atoms with Crippen molar-refractivity contribution in [2.75, 3.05) is 26.4 Å². The van der Waals surface area contributed by atoms with Crippen molar-refractivity contribution in [3.05, 3.63) is 0 Å². The summed E-state index contributed by atoms with van der Waals surface area (Å²) in [4.78, 5) is 24.9. The van der Waals surface area contributed by atoms with Crippen LogP contribution in [0.15, 0.2) is 0 Å². The Labute approximate surface area is 403 Å². The molecule has 6 aliphatic rings. The number of aliphatic hydroxyl groups excluding tert-OH is 16. The summed E-state index contributed by atoms with van der Waals surface area (Å²) in [6, 6.07) is -3.33. The maximum atomic E-state index is 12.6. The van der Waals surface area contributed by atoms with Gasteiger partial charge in [-0.05, 0) is 13.8 Å². The molecule has 412 valence electrons. The van der Waals surface area contributed by atoms with E-state index in [1.54, 1.807) is 0 Å². The molecule has 0 aromatic rings. The lowest BCUT2D eigenvalue weighted by molar-refractivity contribution is -0.385. The molecule has 0 bridgehead atoms. The van der Waals surface area contributed by atoms with Crippen LogP contribution in [0, 0.1) is 0 Å². The molecule has 31 nitrogen and oxygen atoms in total. The van der Waals surface area contributed by atoms with Gasteiger partial charge >= 0.3 is 0 Å². The number of carbonyl (C=O) groups excluding carboxylic acids is 2. The molecule has 0 aliphatic carbocycles. The van der Waals surface area contributed by atoms with Gasteiger partial charge in [-0.3, -0.25) is 9.59 Å². The number of aliphatic hydroxyl groups is 16. The van der Waals surface area contributed by atoms with Gasteiger partial charge in [0.25, 0.3) is 0 Å². The fourth-order valence-corrected chi connectivity index (χ4v) is 9.07. The van der Waals surface area contributed by atoms with Crippen molar-refractivity contribution >= 4 is 11.8 Å². The van der Waals surface area contributed by atoms with Crippen molar-refractivity contribution in [2.24, 2.45) is 0 Å². The Morgan fingerprint density at radius 2 is 0.803 bits per heavy atom. The molecule has 0 aromatic heterocycles. The molecule has 6 rings (SSSR count). The lowest BCUT2D eigenvalue weighted by Gasteiger charge is -2.49. The monoisotopic (exact) mass is 1040 g/mol. The van der Waals surface area contributed by atoms with E-state index in [-0.39, 0.29) is 0 Å². The highest BCUT2D eigenvalue weighted by Crippen LogP contribution is 2.36. The van der Waals surface area contributed by atoms with Gasteiger partial charge in [-0.25, -0.2) is 0 Å². The summed E-state index contributed by atoms with van der Waals surface area (Å²) in [6.07, 6.45) is -49.8. The van der Waals surface area contributed by atoms with Crippen LogP contribution in [0.5, 0.6) is 0 Å². The minimum Gasteiger partial charge on any atom is -0.394 e. The van der Waals surface area contributed by atoms with Crippen LogP contribution < -0.4 is 10.6 Å². The van der Waals surface area contributed by atoms with Gasteiger partial charge in [-0.15, -0.1) is 0 Å². The highest BCUT2D eigenvalue weighted by Gasteiger charge is 2.57. The number of carbonyl (C=O) groups is 2. The van der Waals surface area contributed by atoms with Gasteiger partial charge in [0.05, 0.1) is 38.6 Å².